The number of fused-ring (bicyclic) bond motifs is 2. The van der Waals surface area contributed by atoms with Crippen molar-refractivity contribution in [3.63, 3.8) is 0 Å². The Morgan fingerprint density at radius 2 is 2.04 bits per heavy atom. The van der Waals surface area contributed by atoms with Gasteiger partial charge in [0.25, 0.3) is 5.91 Å². The number of rotatable bonds is 3. The summed E-state index contributed by atoms with van der Waals surface area (Å²) < 4.78 is 13.0. The first-order valence-electron chi connectivity index (χ1n) is 8.21. The second kappa shape index (κ2) is 5.92. The van der Waals surface area contributed by atoms with Gasteiger partial charge in [0.15, 0.2) is 0 Å². The fraction of sp³-hybridized carbons (Fsp3) is 0.250. The standard InChI is InChI=1S/C20H17FN2O2/c1-23-10-17-16(20(23)25)8-19-15(18(17)11-24)7-13(9-22-19)6-12-2-4-14(21)5-3-12/h2-5,7-9,11,15,19H,6,10H2,1H3. The maximum Gasteiger partial charge on any atom is 0.254 e. The molecule has 0 bridgehead atoms. The monoisotopic (exact) mass is 336 g/mol. The predicted octanol–water partition coefficient (Wildman–Crippen LogP) is 2.27. The Labute approximate surface area is 145 Å². The summed E-state index contributed by atoms with van der Waals surface area (Å²) in [6, 6.07) is 6.16. The number of hydrogen-bond acceptors (Lipinski definition) is 3. The van der Waals surface area contributed by atoms with Gasteiger partial charge in [-0.1, -0.05) is 18.2 Å². The number of dihydropyridines is 1. The highest BCUT2D eigenvalue weighted by atomic mass is 19.1. The zero-order valence-corrected chi connectivity index (χ0v) is 13.8. The molecule has 0 saturated carbocycles. The SMILES string of the molecule is CN1CC2=C(C=O)C3C=C(Cc4ccc(F)cc4)C=NC3C=C2C1=O. The van der Waals surface area contributed by atoms with E-state index in [1.807, 2.05) is 12.2 Å². The van der Waals surface area contributed by atoms with Gasteiger partial charge < -0.3 is 4.90 Å². The van der Waals surface area contributed by atoms with Crippen LogP contribution in [0.5, 0.6) is 0 Å². The molecule has 0 aromatic heterocycles. The zero-order valence-electron chi connectivity index (χ0n) is 13.8. The van der Waals surface area contributed by atoms with E-state index in [2.05, 4.69) is 4.99 Å². The van der Waals surface area contributed by atoms with Crippen molar-refractivity contribution < 1.29 is 14.0 Å². The molecule has 0 radical (unpaired) electrons. The van der Waals surface area contributed by atoms with Gasteiger partial charge >= 0.3 is 0 Å². The number of likely N-dealkylation sites (N-methyl/N-ethyl adjacent to an activating group) is 1. The van der Waals surface area contributed by atoms with Gasteiger partial charge in [-0.05, 0) is 41.3 Å². The Morgan fingerprint density at radius 3 is 2.76 bits per heavy atom. The number of halogens is 1. The average Bonchev–Trinajstić information content (AvgIpc) is 2.89. The van der Waals surface area contributed by atoms with Crippen LogP contribution in [0.25, 0.3) is 0 Å². The minimum atomic E-state index is -0.261. The summed E-state index contributed by atoms with van der Waals surface area (Å²) in [6.45, 7) is 0.465. The van der Waals surface area contributed by atoms with Crippen LogP contribution < -0.4 is 0 Å². The number of hydrogen-bond donors (Lipinski definition) is 0. The van der Waals surface area contributed by atoms with Gasteiger partial charge in [0.1, 0.15) is 12.1 Å². The molecule has 2 atom stereocenters. The van der Waals surface area contributed by atoms with Crippen molar-refractivity contribution in [3.8, 4) is 0 Å². The molecule has 4 rings (SSSR count). The van der Waals surface area contributed by atoms with Crippen LogP contribution >= 0.6 is 0 Å². The lowest BCUT2D eigenvalue weighted by Gasteiger charge is -2.28. The molecule has 1 fully saturated rings. The van der Waals surface area contributed by atoms with Crippen molar-refractivity contribution in [2.45, 2.75) is 12.5 Å². The molecule has 3 aliphatic rings. The van der Waals surface area contributed by atoms with Crippen LogP contribution in [0.2, 0.25) is 0 Å². The minimum Gasteiger partial charge on any atom is -0.337 e. The van der Waals surface area contributed by atoms with Gasteiger partial charge in [-0.15, -0.1) is 0 Å². The third-order valence-electron chi connectivity index (χ3n) is 4.97. The summed E-state index contributed by atoms with van der Waals surface area (Å²) in [5, 5.41) is 0. The Bertz CT molecular complexity index is 877. The fourth-order valence-corrected chi connectivity index (χ4v) is 3.68. The van der Waals surface area contributed by atoms with Crippen molar-refractivity contribution >= 4 is 18.4 Å². The maximum absolute atomic E-state index is 13.0. The number of carbonyl (C=O) groups excluding carboxylic acids is 2. The van der Waals surface area contributed by atoms with Gasteiger partial charge in [0, 0.05) is 36.9 Å². The summed E-state index contributed by atoms with van der Waals surface area (Å²) >= 11 is 0. The van der Waals surface area contributed by atoms with E-state index in [1.54, 1.807) is 30.3 Å². The molecule has 1 aromatic rings. The summed E-state index contributed by atoms with van der Waals surface area (Å²) in [5.74, 6) is -0.455. The molecule has 1 amide bonds. The molecule has 1 aromatic carbocycles. The summed E-state index contributed by atoms with van der Waals surface area (Å²) in [5.41, 5.74) is 4.05. The third-order valence-corrected chi connectivity index (χ3v) is 4.97. The van der Waals surface area contributed by atoms with Crippen molar-refractivity contribution in [1.82, 2.24) is 4.90 Å². The van der Waals surface area contributed by atoms with E-state index in [0.717, 1.165) is 23.0 Å². The molecular weight excluding hydrogens is 319 g/mol. The van der Waals surface area contributed by atoms with Crippen molar-refractivity contribution in [1.29, 1.82) is 0 Å². The molecule has 2 unspecified atom stereocenters. The number of benzene rings is 1. The molecule has 126 valence electrons. The molecule has 1 aliphatic carbocycles. The topological polar surface area (TPSA) is 49.7 Å². The quantitative estimate of drug-likeness (QED) is 0.795. The van der Waals surface area contributed by atoms with Crippen molar-refractivity contribution in [2.24, 2.45) is 10.9 Å². The molecule has 0 spiro atoms. The number of carbonyl (C=O) groups is 2. The normalized spacial score (nSPS) is 24.7. The molecule has 25 heavy (non-hydrogen) atoms. The largest absolute Gasteiger partial charge is 0.337 e. The Kier molecular flexibility index (Phi) is 3.71. The van der Waals surface area contributed by atoms with Crippen molar-refractivity contribution in [2.75, 3.05) is 13.6 Å². The number of aldehydes is 1. The highest BCUT2D eigenvalue weighted by Crippen LogP contribution is 2.38. The van der Waals surface area contributed by atoms with Gasteiger partial charge in [-0.2, -0.15) is 0 Å². The second-order valence-corrected chi connectivity index (χ2v) is 6.63. The van der Waals surface area contributed by atoms with Gasteiger partial charge in [-0.25, -0.2) is 4.39 Å². The van der Waals surface area contributed by atoms with Crippen LogP contribution in [-0.2, 0) is 16.0 Å². The van der Waals surface area contributed by atoms with E-state index >= 15 is 0 Å². The van der Waals surface area contributed by atoms with E-state index in [4.69, 9.17) is 0 Å². The minimum absolute atomic E-state index is 0.0518. The van der Waals surface area contributed by atoms with Gasteiger partial charge in [0.05, 0.1) is 6.04 Å². The van der Waals surface area contributed by atoms with Gasteiger partial charge in [-0.3, -0.25) is 14.6 Å². The van der Waals surface area contributed by atoms with Crippen LogP contribution in [0.1, 0.15) is 5.56 Å². The molecular formula is C20H17FN2O2. The van der Waals surface area contributed by atoms with E-state index in [9.17, 15) is 14.0 Å². The van der Waals surface area contributed by atoms with Crippen LogP contribution in [-0.4, -0.2) is 42.9 Å². The number of allylic oxidation sites excluding steroid dienone is 1. The number of aliphatic imine (C=N–C) groups is 1. The molecule has 5 heteroatoms. The molecule has 4 nitrogen and oxygen atoms in total. The lowest BCUT2D eigenvalue weighted by atomic mass is 9.79. The highest BCUT2D eigenvalue weighted by Gasteiger charge is 2.39. The Morgan fingerprint density at radius 1 is 1.28 bits per heavy atom. The average molecular weight is 336 g/mol. The van der Waals surface area contributed by atoms with Crippen LogP contribution in [0.15, 0.2) is 63.7 Å². The smallest absolute Gasteiger partial charge is 0.254 e. The number of amides is 1. The first-order chi connectivity index (χ1) is 12.1. The van der Waals surface area contributed by atoms with E-state index in [0.29, 0.717) is 24.1 Å². The van der Waals surface area contributed by atoms with Crippen LogP contribution in [0.4, 0.5) is 4.39 Å². The fourth-order valence-electron chi connectivity index (χ4n) is 3.68. The lowest BCUT2D eigenvalue weighted by molar-refractivity contribution is -0.123. The number of nitrogens with zero attached hydrogens (tertiary/aromatic N) is 2. The van der Waals surface area contributed by atoms with Crippen molar-refractivity contribution in [3.05, 3.63) is 70.1 Å². The molecule has 1 saturated heterocycles. The van der Waals surface area contributed by atoms with Gasteiger partial charge in [0.2, 0.25) is 0 Å². The van der Waals surface area contributed by atoms with Crippen LogP contribution in [0, 0.1) is 11.7 Å². The predicted molar refractivity (Wildman–Crippen MR) is 92.8 cm³/mol. The van der Waals surface area contributed by atoms with E-state index in [1.165, 1.54) is 12.1 Å². The summed E-state index contributed by atoms with van der Waals surface area (Å²) in [4.78, 5) is 30.1. The second-order valence-electron chi connectivity index (χ2n) is 6.63. The highest BCUT2D eigenvalue weighted by molar-refractivity contribution is 6.04. The first-order valence-corrected chi connectivity index (χ1v) is 8.21. The Hall–Kier alpha value is -2.82. The van der Waals surface area contributed by atoms with E-state index < -0.39 is 0 Å². The molecule has 2 heterocycles. The third kappa shape index (κ3) is 2.65. The summed E-state index contributed by atoms with van der Waals surface area (Å²) in [6.07, 6.45) is 7.20. The Balaban J connectivity index is 1.66. The lowest BCUT2D eigenvalue weighted by Crippen LogP contribution is -2.27. The van der Waals surface area contributed by atoms with E-state index in [-0.39, 0.29) is 23.7 Å². The molecule has 0 N–H and O–H groups in total. The van der Waals surface area contributed by atoms with Crippen LogP contribution in [0.3, 0.4) is 0 Å². The summed E-state index contributed by atoms with van der Waals surface area (Å²) in [7, 11) is 1.74. The maximum atomic E-state index is 13.0. The molecule has 2 aliphatic heterocycles. The zero-order chi connectivity index (χ0) is 17.6. The first kappa shape index (κ1) is 15.7. The number of likely N-dealkylation sites (tertiary alicyclic amines) is 1.